The third kappa shape index (κ3) is 3.33. The number of amides is 1. The van der Waals surface area contributed by atoms with Crippen LogP contribution in [-0.2, 0) is 16.6 Å². The molecule has 1 amide bonds. The molecule has 0 spiro atoms. The van der Waals surface area contributed by atoms with Gasteiger partial charge in [0.15, 0.2) is 16.5 Å². The van der Waals surface area contributed by atoms with Gasteiger partial charge < -0.3 is 10.5 Å². The fourth-order valence-electron chi connectivity index (χ4n) is 3.45. The molecular weight excluding hydrogens is 394 g/mol. The van der Waals surface area contributed by atoms with Crippen LogP contribution in [0.15, 0.2) is 11.6 Å². The van der Waals surface area contributed by atoms with Crippen molar-refractivity contribution in [1.82, 2.24) is 25.1 Å². The van der Waals surface area contributed by atoms with E-state index in [1.54, 1.807) is 13.1 Å². The first-order valence-electron chi connectivity index (χ1n) is 8.94. The van der Waals surface area contributed by atoms with Gasteiger partial charge in [0.1, 0.15) is 0 Å². The third-order valence-corrected chi connectivity index (χ3v) is 5.38. The summed E-state index contributed by atoms with van der Waals surface area (Å²) in [5.41, 5.74) is 8.76. The Labute approximate surface area is 169 Å². The van der Waals surface area contributed by atoms with Gasteiger partial charge in [0.2, 0.25) is 5.95 Å². The number of nitrogen functional groups attached to an aromatic ring is 1. The maximum absolute atomic E-state index is 12.9. The van der Waals surface area contributed by atoms with Crippen LogP contribution in [0.3, 0.4) is 0 Å². The molecule has 0 fully saturated rings. The number of hydrogen-bond donors (Lipinski definition) is 3. The summed E-state index contributed by atoms with van der Waals surface area (Å²) in [6.07, 6.45) is 2.34. The average Bonchev–Trinajstić information content (AvgIpc) is 3.30. The van der Waals surface area contributed by atoms with Gasteiger partial charge in [-0.1, -0.05) is 13.8 Å². The Morgan fingerprint density at radius 2 is 2.17 bits per heavy atom. The highest BCUT2D eigenvalue weighted by molar-refractivity contribution is 7.14. The van der Waals surface area contributed by atoms with Crippen molar-refractivity contribution in [2.45, 2.75) is 32.6 Å². The van der Waals surface area contributed by atoms with Gasteiger partial charge in [-0.05, 0) is 24.3 Å². The zero-order valence-electron chi connectivity index (χ0n) is 16.1. The van der Waals surface area contributed by atoms with Crippen molar-refractivity contribution in [1.29, 1.82) is 0 Å². The maximum atomic E-state index is 12.9. The number of rotatable bonds is 4. The fourth-order valence-corrected chi connectivity index (χ4v) is 4.13. The number of nitrogens with zero attached hydrogens (tertiary/aromatic N) is 4. The lowest BCUT2D eigenvalue weighted by Crippen LogP contribution is -2.29. The number of anilines is 2. The number of H-pyrrole nitrogens is 1. The molecule has 3 aromatic rings. The molecule has 0 atom stereocenters. The third-order valence-electron chi connectivity index (χ3n) is 4.62. The van der Waals surface area contributed by atoms with Gasteiger partial charge in [0.25, 0.3) is 5.91 Å². The highest BCUT2D eigenvalue weighted by Gasteiger charge is 2.38. The lowest BCUT2D eigenvalue weighted by atomic mass is 9.73. The molecule has 29 heavy (non-hydrogen) atoms. The van der Waals surface area contributed by atoms with Gasteiger partial charge >= 0.3 is 5.97 Å². The molecule has 1 aliphatic rings. The van der Waals surface area contributed by atoms with Crippen LogP contribution in [-0.4, -0.2) is 43.6 Å². The Morgan fingerprint density at radius 1 is 1.38 bits per heavy atom. The molecule has 0 saturated heterocycles. The van der Waals surface area contributed by atoms with Crippen LogP contribution >= 0.6 is 11.3 Å². The van der Waals surface area contributed by atoms with Gasteiger partial charge in [-0.2, -0.15) is 5.10 Å². The number of aromatic amines is 1. The second kappa shape index (κ2) is 6.92. The van der Waals surface area contributed by atoms with Crippen LogP contribution in [0.1, 0.15) is 52.9 Å². The highest BCUT2D eigenvalue weighted by atomic mass is 32.1. The number of nitrogens with one attached hydrogen (secondary N) is 2. The lowest BCUT2D eigenvalue weighted by molar-refractivity contribution is 0.0520. The number of ether oxygens (including phenoxy) is 1. The number of carbonyl (C=O) groups is 2. The van der Waals surface area contributed by atoms with Gasteiger partial charge in [0, 0.05) is 17.1 Å². The van der Waals surface area contributed by atoms with E-state index in [0.29, 0.717) is 17.8 Å². The molecule has 0 saturated carbocycles. The Balaban J connectivity index is 1.66. The fraction of sp³-hybridized carbons (Fsp3) is 0.333. The molecule has 4 N–H and O–H groups in total. The summed E-state index contributed by atoms with van der Waals surface area (Å²) in [6, 6.07) is 0. The largest absolute Gasteiger partial charge is 0.461 e. The summed E-state index contributed by atoms with van der Waals surface area (Å²) in [4.78, 5) is 37.2. The van der Waals surface area contributed by atoms with E-state index < -0.39 is 11.9 Å². The molecule has 11 heteroatoms. The molecule has 10 nitrogen and oxygen atoms in total. The molecule has 3 aromatic heterocycles. The van der Waals surface area contributed by atoms with E-state index in [-0.39, 0.29) is 34.5 Å². The molecule has 0 radical (unpaired) electrons. The first-order valence-corrected chi connectivity index (χ1v) is 9.82. The zero-order valence-corrected chi connectivity index (χ0v) is 16.9. The molecule has 1 aliphatic carbocycles. The summed E-state index contributed by atoms with van der Waals surface area (Å²) in [5.74, 6) is -0.800. The summed E-state index contributed by atoms with van der Waals surface area (Å²) in [7, 11) is 0. The quantitative estimate of drug-likeness (QED) is 0.551. The minimum atomic E-state index is -0.531. The Kier molecular flexibility index (Phi) is 4.53. The van der Waals surface area contributed by atoms with Crippen LogP contribution in [0, 0.1) is 0 Å². The number of aromatic nitrogens is 5. The normalized spacial score (nSPS) is 14.0. The standard InChI is InChI=1S/C18H19N7O3S/c1-4-28-15(27)9-7-29-17(21-9)23-14(26)13-10-12(24-25-13)11-8(5-18(10,2)3)6-20-16(19)22-11/h6-7H,4-5H2,1-3H3,(H,24,25)(H2,19,20,22)(H,21,23,26). The number of esters is 1. The minimum Gasteiger partial charge on any atom is -0.461 e. The Bertz CT molecular complexity index is 1120. The molecule has 0 aliphatic heterocycles. The predicted molar refractivity (Wildman–Crippen MR) is 107 cm³/mol. The van der Waals surface area contributed by atoms with Gasteiger partial charge in [0.05, 0.1) is 18.0 Å². The van der Waals surface area contributed by atoms with E-state index in [4.69, 9.17) is 10.5 Å². The van der Waals surface area contributed by atoms with E-state index in [1.807, 2.05) is 13.8 Å². The van der Waals surface area contributed by atoms with Gasteiger partial charge in [-0.25, -0.2) is 19.7 Å². The van der Waals surface area contributed by atoms with E-state index in [0.717, 1.165) is 22.5 Å². The van der Waals surface area contributed by atoms with E-state index in [1.165, 1.54) is 5.38 Å². The van der Waals surface area contributed by atoms with Crippen molar-refractivity contribution in [3.8, 4) is 11.4 Å². The van der Waals surface area contributed by atoms with Crippen molar-refractivity contribution in [3.05, 3.63) is 34.1 Å². The van der Waals surface area contributed by atoms with Crippen LogP contribution in [0.25, 0.3) is 11.4 Å². The van der Waals surface area contributed by atoms with Crippen molar-refractivity contribution in [2.24, 2.45) is 0 Å². The van der Waals surface area contributed by atoms with E-state index >= 15 is 0 Å². The van der Waals surface area contributed by atoms with Gasteiger partial charge in [-0.15, -0.1) is 11.3 Å². The maximum Gasteiger partial charge on any atom is 0.357 e. The second-order valence-electron chi connectivity index (χ2n) is 7.20. The summed E-state index contributed by atoms with van der Waals surface area (Å²) >= 11 is 1.14. The smallest absolute Gasteiger partial charge is 0.357 e. The second-order valence-corrected chi connectivity index (χ2v) is 8.06. The number of fused-ring (bicyclic) bond motifs is 3. The number of hydrogen-bond acceptors (Lipinski definition) is 9. The van der Waals surface area contributed by atoms with E-state index in [2.05, 4.69) is 30.5 Å². The molecule has 0 aromatic carbocycles. The summed E-state index contributed by atoms with van der Waals surface area (Å²) in [5, 5.41) is 11.7. The van der Waals surface area contributed by atoms with Gasteiger partial charge in [-0.3, -0.25) is 15.2 Å². The number of nitrogens with two attached hydrogens (primary N) is 1. The Morgan fingerprint density at radius 3 is 2.93 bits per heavy atom. The minimum absolute atomic E-state index is 0.151. The number of thiazole rings is 1. The van der Waals surface area contributed by atoms with Crippen LogP contribution in [0.4, 0.5) is 11.1 Å². The summed E-state index contributed by atoms with van der Waals surface area (Å²) in [6.45, 7) is 6.02. The molecule has 4 rings (SSSR count). The zero-order chi connectivity index (χ0) is 20.8. The summed E-state index contributed by atoms with van der Waals surface area (Å²) < 4.78 is 4.92. The van der Waals surface area contributed by atoms with Crippen molar-refractivity contribution < 1.29 is 14.3 Å². The first-order chi connectivity index (χ1) is 13.8. The molecule has 0 bridgehead atoms. The number of carbonyl (C=O) groups excluding carboxylic acids is 2. The SMILES string of the molecule is CCOC(=O)c1csc(NC(=O)c2n[nH]c3c2C(C)(C)Cc2cnc(N)nc2-3)n1. The predicted octanol–water partition coefficient (Wildman–Crippen LogP) is 2.17. The van der Waals surface area contributed by atoms with Crippen LogP contribution < -0.4 is 11.1 Å². The van der Waals surface area contributed by atoms with Crippen LogP contribution in [0.2, 0.25) is 0 Å². The molecular formula is C18H19N7O3S. The topological polar surface area (TPSA) is 149 Å². The highest BCUT2D eigenvalue weighted by Crippen LogP contribution is 2.42. The van der Waals surface area contributed by atoms with Crippen LogP contribution in [0.5, 0.6) is 0 Å². The first kappa shape index (κ1) is 19.0. The monoisotopic (exact) mass is 413 g/mol. The molecule has 3 heterocycles. The van der Waals surface area contributed by atoms with E-state index in [9.17, 15) is 9.59 Å². The molecule has 150 valence electrons. The van der Waals surface area contributed by atoms with Crippen molar-refractivity contribution >= 4 is 34.3 Å². The van der Waals surface area contributed by atoms with Crippen molar-refractivity contribution in [3.63, 3.8) is 0 Å². The lowest BCUT2D eigenvalue weighted by Gasteiger charge is -2.31. The Hall–Kier alpha value is -3.34. The van der Waals surface area contributed by atoms with Crippen molar-refractivity contribution in [2.75, 3.05) is 17.7 Å². The molecule has 0 unspecified atom stereocenters. The average molecular weight is 413 g/mol.